The van der Waals surface area contributed by atoms with Crippen LogP contribution in [0.5, 0.6) is 0 Å². The quantitative estimate of drug-likeness (QED) is 0.761. The van der Waals surface area contributed by atoms with E-state index < -0.39 is 0 Å². The molecular weight excluding hydrogens is 345 g/mol. The van der Waals surface area contributed by atoms with Crippen LogP contribution >= 0.6 is 0 Å². The number of ether oxygens (including phenoxy) is 1. The van der Waals surface area contributed by atoms with Gasteiger partial charge in [0.2, 0.25) is 5.91 Å². The first-order valence-electron chi connectivity index (χ1n) is 9.78. The third kappa shape index (κ3) is 4.68. The predicted octanol–water partition coefficient (Wildman–Crippen LogP) is 2.07. The smallest absolute Gasteiger partial charge is 0.236 e. The highest BCUT2D eigenvalue weighted by molar-refractivity contribution is 5.78. The molecule has 5 nitrogen and oxygen atoms in total. The van der Waals surface area contributed by atoms with Crippen molar-refractivity contribution in [2.24, 2.45) is 11.8 Å². The van der Waals surface area contributed by atoms with Gasteiger partial charge in [-0.2, -0.15) is 0 Å². The predicted molar refractivity (Wildman–Crippen MR) is 104 cm³/mol. The molecule has 2 fully saturated rings. The molecule has 27 heavy (non-hydrogen) atoms. The average Bonchev–Trinajstić information content (AvgIpc) is 3.05. The molecule has 0 bridgehead atoms. The topological polar surface area (TPSA) is 36.0 Å². The zero-order valence-electron chi connectivity index (χ0n) is 16.9. The van der Waals surface area contributed by atoms with Crippen molar-refractivity contribution in [3.63, 3.8) is 0 Å². The fourth-order valence-electron chi connectivity index (χ4n) is 4.69. The number of nitrogens with zero attached hydrogens (tertiary/aromatic N) is 3. The van der Waals surface area contributed by atoms with Gasteiger partial charge in [-0.05, 0) is 51.9 Å². The second kappa shape index (κ2) is 8.67. The number of hydrogen-bond donors (Lipinski definition) is 0. The van der Waals surface area contributed by atoms with Gasteiger partial charge in [-0.3, -0.25) is 9.69 Å². The van der Waals surface area contributed by atoms with E-state index in [0.29, 0.717) is 36.5 Å². The molecule has 0 aromatic heterocycles. The number of likely N-dealkylation sites (N-methyl/N-ethyl adjacent to an activating group) is 2. The van der Waals surface area contributed by atoms with Gasteiger partial charge in [0.05, 0.1) is 12.6 Å². The lowest BCUT2D eigenvalue weighted by Crippen LogP contribution is -2.47. The van der Waals surface area contributed by atoms with Crippen molar-refractivity contribution in [1.29, 1.82) is 0 Å². The van der Waals surface area contributed by atoms with E-state index in [0.717, 1.165) is 25.9 Å². The Kier molecular flexibility index (Phi) is 6.50. The van der Waals surface area contributed by atoms with Gasteiger partial charge in [0, 0.05) is 38.3 Å². The van der Waals surface area contributed by atoms with Crippen molar-refractivity contribution in [2.75, 3.05) is 47.9 Å². The molecule has 3 rings (SSSR count). The van der Waals surface area contributed by atoms with Gasteiger partial charge in [-0.1, -0.05) is 18.2 Å². The second-order valence-corrected chi connectivity index (χ2v) is 8.36. The minimum absolute atomic E-state index is 0.138. The normalized spacial score (nSPS) is 28.0. The number of hydrogen-bond acceptors (Lipinski definition) is 4. The van der Waals surface area contributed by atoms with Crippen molar-refractivity contribution in [3.8, 4) is 0 Å². The molecule has 1 aromatic carbocycles. The van der Waals surface area contributed by atoms with E-state index in [9.17, 15) is 9.18 Å². The minimum Gasteiger partial charge on any atom is -0.380 e. The number of rotatable bonds is 6. The summed E-state index contributed by atoms with van der Waals surface area (Å²) in [5.74, 6) is 0.986. The van der Waals surface area contributed by atoms with Crippen molar-refractivity contribution >= 4 is 5.91 Å². The molecule has 1 saturated carbocycles. The van der Waals surface area contributed by atoms with Crippen LogP contribution in [0.4, 0.5) is 4.39 Å². The summed E-state index contributed by atoms with van der Waals surface area (Å²) in [5, 5.41) is 0. The van der Waals surface area contributed by atoms with Gasteiger partial charge < -0.3 is 14.5 Å². The minimum atomic E-state index is -0.218. The molecule has 0 radical (unpaired) electrons. The molecule has 1 heterocycles. The van der Waals surface area contributed by atoms with E-state index in [4.69, 9.17) is 4.74 Å². The molecule has 1 aliphatic carbocycles. The number of methoxy groups -OCH3 is 1. The Bertz CT molecular complexity index is 654. The third-order valence-corrected chi connectivity index (χ3v) is 6.21. The van der Waals surface area contributed by atoms with Gasteiger partial charge in [0.1, 0.15) is 5.82 Å². The molecule has 1 amide bonds. The summed E-state index contributed by atoms with van der Waals surface area (Å²) in [5.41, 5.74) is 0.625. The van der Waals surface area contributed by atoms with Crippen molar-refractivity contribution < 1.29 is 13.9 Å². The van der Waals surface area contributed by atoms with E-state index in [1.807, 2.05) is 22.9 Å². The fourth-order valence-corrected chi connectivity index (χ4v) is 4.69. The zero-order valence-corrected chi connectivity index (χ0v) is 16.9. The summed E-state index contributed by atoms with van der Waals surface area (Å²) in [6.45, 7) is 2.40. The summed E-state index contributed by atoms with van der Waals surface area (Å²) in [6.07, 6.45) is 2.32. The summed E-state index contributed by atoms with van der Waals surface area (Å²) in [6, 6.07) is 7.16. The van der Waals surface area contributed by atoms with Gasteiger partial charge in [-0.15, -0.1) is 0 Å². The third-order valence-electron chi connectivity index (χ3n) is 6.21. The number of halogens is 1. The summed E-state index contributed by atoms with van der Waals surface area (Å²) >= 11 is 0. The molecule has 2 aliphatic rings. The molecule has 0 spiro atoms. The first-order chi connectivity index (χ1) is 12.9. The highest BCUT2D eigenvalue weighted by atomic mass is 19.1. The van der Waals surface area contributed by atoms with Crippen LogP contribution < -0.4 is 0 Å². The first-order valence-corrected chi connectivity index (χ1v) is 9.78. The molecule has 1 aliphatic heterocycles. The van der Waals surface area contributed by atoms with Crippen molar-refractivity contribution in [1.82, 2.24) is 14.7 Å². The lowest BCUT2D eigenvalue weighted by atomic mass is 9.77. The van der Waals surface area contributed by atoms with E-state index in [1.165, 1.54) is 6.07 Å². The van der Waals surface area contributed by atoms with Gasteiger partial charge in [0.25, 0.3) is 0 Å². The van der Waals surface area contributed by atoms with Crippen LogP contribution in [-0.2, 0) is 16.1 Å². The Hall–Kier alpha value is -1.50. The van der Waals surface area contributed by atoms with E-state index in [-0.39, 0.29) is 17.8 Å². The molecule has 1 aromatic rings. The Morgan fingerprint density at radius 2 is 1.85 bits per heavy atom. The molecule has 1 saturated heterocycles. The Labute approximate surface area is 162 Å². The van der Waals surface area contributed by atoms with Gasteiger partial charge >= 0.3 is 0 Å². The van der Waals surface area contributed by atoms with E-state index >= 15 is 0 Å². The molecular formula is C21H32FN3O2. The molecule has 6 heteroatoms. The summed E-state index contributed by atoms with van der Waals surface area (Å²) in [7, 11) is 7.87. The maximum Gasteiger partial charge on any atom is 0.236 e. The SMILES string of the molecule is CO[C@@H]1C[C@H]2CN(C(=O)CN(C)Cc3ccccc3F)C[C@H]2C[C@H]1N(C)C. The van der Waals surface area contributed by atoms with E-state index in [1.54, 1.807) is 19.2 Å². The maximum absolute atomic E-state index is 13.8. The van der Waals surface area contributed by atoms with Crippen LogP contribution in [0.15, 0.2) is 24.3 Å². The molecule has 0 N–H and O–H groups in total. The molecule has 0 unspecified atom stereocenters. The average molecular weight is 378 g/mol. The van der Waals surface area contributed by atoms with Crippen LogP contribution in [0.2, 0.25) is 0 Å². The number of benzene rings is 1. The van der Waals surface area contributed by atoms with Crippen molar-refractivity contribution in [3.05, 3.63) is 35.6 Å². The first kappa shape index (κ1) is 20.2. The highest BCUT2D eigenvalue weighted by Crippen LogP contribution is 2.38. The molecule has 4 atom stereocenters. The standard InChI is InChI=1S/C21H32FN3O2/c1-23(2)19-9-16-12-25(13-17(16)10-20(19)27-4)21(26)14-24(3)11-15-7-5-6-8-18(15)22/h5-8,16-17,19-20H,9-14H2,1-4H3/t16-,17+,19-,20-/m1/s1. The Morgan fingerprint density at radius 3 is 2.48 bits per heavy atom. The van der Waals surface area contributed by atoms with Crippen LogP contribution in [0, 0.1) is 17.7 Å². The number of carbonyl (C=O) groups excluding carboxylic acids is 1. The van der Waals surface area contributed by atoms with E-state index in [2.05, 4.69) is 19.0 Å². The lowest BCUT2D eigenvalue weighted by molar-refractivity contribution is -0.131. The zero-order chi connectivity index (χ0) is 19.6. The fraction of sp³-hybridized carbons (Fsp3) is 0.667. The number of likely N-dealkylation sites (tertiary alicyclic amines) is 1. The Balaban J connectivity index is 1.55. The largest absolute Gasteiger partial charge is 0.380 e. The van der Waals surface area contributed by atoms with Gasteiger partial charge in [-0.25, -0.2) is 4.39 Å². The van der Waals surface area contributed by atoms with Gasteiger partial charge in [0.15, 0.2) is 0 Å². The summed E-state index contributed by atoms with van der Waals surface area (Å²) < 4.78 is 19.5. The van der Waals surface area contributed by atoms with Crippen LogP contribution in [0.3, 0.4) is 0 Å². The number of carbonyl (C=O) groups is 1. The summed E-state index contributed by atoms with van der Waals surface area (Å²) in [4.78, 5) is 18.9. The Morgan fingerprint density at radius 1 is 1.19 bits per heavy atom. The second-order valence-electron chi connectivity index (χ2n) is 8.36. The van der Waals surface area contributed by atoms with Crippen LogP contribution in [0.1, 0.15) is 18.4 Å². The number of amides is 1. The van der Waals surface area contributed by atoms with Crippen molar-refractivity contribution in [2.45, 2.75) is 31.5 Å². The number of fused-ring (bicyclic) bond motifs is 1. The maximum atomic E-state index is 13.8. The monoisotopic (exact) mass is 377 g/mol. The van der Waals surface area contributed by atoms with Crippen LogP contribution in [0.25, 0.3) is 0 Å². The highest BCUT2D eigenvalue weighted by Gasteiger charge is 2.44. The molecule has 150 valence electrons. The van der Waals surface area contributed by atoms with Crippen LogP contribution in [-0.4, -0.2) is 80.6 Å². The lowest BCUT2D eigenvalue weighted by Gasteiger charge is -2.40.